The minimum Gasteiger partial charge on any atom is -0.366 e. The maximum Gasteiger partial charge on any atom is 0.261 e. The molecule has 176 valence electrons. The monoisotopic (exact) mass is 454 g/mol. The van der Waals surface area contributed by atoms with Crippen molar-refractivity contribution in [2.75, 3.05) is 18.0 Å². The van der Waals surface area contributed by atoms with Crippen LogP contribution in [-0.2, 0) is 11.2 Å². The molecule has 2 N–H and O–H groups in total. The van der Waals surface area contributed by atoms with Crippen molar-refractivity contribution in [2.45, 2.75) is 58.9 Å². The lowest BCUT2D eigenvalue weighted by Gasteiger charge is -2.47. The number of hydrogen-bond acceptors (Lipinski definition) is 3. The van der Waals surface area contributed by atoms with Crippen molar-refractivity contribution in [3.63, 3.8) is 0 Å². The lowest BCUT2D eigenvalue weighted by Crippen LogP contribution is -2.48. The van der Waals surface area contributed by atoms with Crippen molar-refractivity contribution in [2.24, 2.45) is 0 Å². The number of nitrogens with zero attached hydrogens (tertiary/aromatic N) is 2. The average molecular weight is 455 g/mol. The minimum absolute atomic E-state index is 0.105. The average Bonchev–Trinajstić information content (AvgIpc) is 3.20. The largest absolute Gasteiger partial charge is 0.366 e. The molecular formula is C29H34N4O. The number of benzene rings is 2. The number of para-hydroxylation sites is 1. The summed E-state index contributed by atoms with van der Waals surface area (Å²) in [6, 6.07) is 14.6. The van der Waals surface area contributed by atoms with Crippen molar-refractivity contribution in [1.29, 1.82) is 5.26 Å². The first-order valence-corrected chi connectivity index (χ1v) is 12.1. The van der Waals surface area contributed by atoms with E-state index in [0.29, 0.717) is 18.9 Å². The van der Waals surface area contributed by atoms with Gasteiger partial charge < -0.3 is 15.2 Å². The van der Waals surface area contributed by atoms with Gasteiger partial charge in [0.2, 0.25) is 0 Å². The van der Waals surface area contributed by atoms with Gasteiger partial charge in [-0.2, -0.15) is 5.26 Å². The highest BCUT2D eigenvalue weighted by Gasteiger charge is 2.35. The van der Waals surface area contributed by atoms with Gasteiger partial charge in [0.15, 0.2) is 0 Å². The van der Waals surface area contributed by atoms with Crippen LogP contribution in [0.3, 0.4) is 0 Å². The first-order valence-electron chi connectivity index (χ1n) is 12.1. The van der Waals surface area contributed by atoms with Crippen LogP contribution >= 0.6 is 0 Å². The van der Waals surface area contributed by atoms with Crippen LogP contribution in [0.5, 0.6) is 0 Å². The molecular weight excluding hydrogens is 420 g/mol. The van der Waals surface area contributed by atoms with Gasteiger partial charge in [-0.05, 0) is 93.0 Å². The van der Waals surface area contributed by atoms with Crippen LogP contribution < -0.4 is 10.2 Å². The fraction of sp³-hybridized carbons (Fsp3) is 0.379. The molecule has 0 bridgehead atoms. The zero-order chi connectivity index (χ0) is 24.5. The Hall–Kier alpha value is -3.52. The van der Waals surface area contributed by atoms with Gasteiger partial charge >= 0.3 is 0 Å². The molecule has 0 saturated heterocycles. The third-order valence-electron chi connectivity index (χ3n) is 7.11. The molecule has 0 radical (unpaired) electrons. The molecule has 5 nitrogen and oxygen atoms in total. The van der Waals surface area contributed by atoms with E-state index in [-0.39, 0.29) is 17.0 Å². The third kappa shape index (κ3) is 4.46. The van der Waals surface area contributed by atoms with E-state index in [4.69, 9.17) is 0 Å². The molecule has 0 unspecified atom stereocenters. The number of nitriles is 1. The molecule has 1 atom stereocenters. The van der Waals surface area contributed by atoms with Gasteiger partial charge in [0, 0.05) is 41.4 Å². The third-order valence-corrected chi connectivity index (χ3v) is 7.11. The first-order chi connectivity index (χ1) is 16.2. The lowest BCUT2D eigenvalue weighted by molar-refractivity contribution is -0.117. The topological polar surface area (TPSA) is 71.9 Å². The smallest absolute Gasteiger partial charge is 0.261 e. The summed E-state index contributed by atoms with van der Waals surface area (Å²) in [7, 11) is 0. The van der Waals surface area contributed by atoms with E-state index in [1.807, 2.05) is 24.4 Å². The Morgan fingerprint density at radius 1 is 1.32 bits per heavy atom. The van der Waals surface area contributed by atoms with E-state index in [2.05, 4.69) is 74.1 Å². The standard InChI is InChI=1S/C29H34N4O/c1-6-33-27-13-19(2)22(15-25(27)20(3)16-29(33,4)5)14-23(17-30)28(34)31-12-11-21-18-32-26-10-8-7-9-24(21)26/h7-10,13-15,18,20,32H,6,11-12,16H2,1-5H3,(H,31,34)/b23-14-/t20-/m1/s1. The van der Waals surface area contributed by atoms with E-state index >= 15 is 0 Å². The Morgan fingerprint density at radius 3 is 2.82 bits per heavy atom. The molecule has 4 rings (SSSR count). The Balaban J connectivity index is 1.52. The Labute approximate surface area is 202 Å². The fourth-order valence-corrected chi connectivity index (χ4v) is 5.45. The fourth-order valence-electron chi connectivity index (χ4n) is 5.45. The number of carbonyl (C=O) groups excluding carboxylic acids is 1. The molecule has 5 heteroatoms. The molecule has 1 amide bonds. The molecule has 3 aromatic rings. The Morgan fingerprint density at radius 2 is 2.09 bits per heavy atom. The van der Waals surface area contributed by atoms with Gasteiger partial charge in [0.25, 0.3) is 5.91 Å². The van der Waals surface area contributed by atoms with Crippen molar-refractivity contribution < 1.29 is 4.79 Å². The summed E-state index contributed by atoms with van der Waals surface area (Å²) in [5.74, 6) is 0.0833. The summed E-state index contributed by atoms with van der Waals surface area (Å²) in [4.78, 5) is 18.5. The number of rotatable bonds is 6. The highest BCUT2D eigenvalue weighted by atomic mass is 16.1. The summed E-state index contributed by atoms with van der Waals surface area (Å²) in [5.41, 5.74) is 7.04. The number of H-pyrrole nitrogens is 1. The number of aryl methyl sites for hydroxylation is 1. The van der Waals surface area contributed by atoms with E-state index in [1.54, 1.807) is 6.08 Å². The molecule has 0 fully saturated rings. The van der Waals surface area contributed by atoms with Crippen molar-refractivity contribution in [3.8, 4) is 6.07 Å². The minimum atomic E-state index is -0.330. The van der Waals surface area contributed by atoms with Crippen LogP contribution in [0, 0.1) is 18.3 Å². The Kier molecular flexibility index (Phi) is 6.52. The van der Waals surface area contributed by atoms with E-state index in [9.17, 15) is 10.1 Å². The number of amides is 1. The van der Waals surface area contributed by atoms with Crippen LogP contribution in [-0.4, -0.2) is 29.5 Å². The van der Waals surface area contributed by atoms with Gasteiger partial charge in [0.1, 0.15) is 11.6 Å². The number of aromatic nitrogens is 1. The molecule has 1 aliphatic rings. The quantitative estimate of drug-likeness (QED) is 0.362. The van der Waals surface area contributed by atoms with Crippen molar-refractivity contribution in [3.05, 3.63) is 70.4 Å². The summed E-state index contributed by atoms with van der Waals surface area (Å²) in [6.45, 7) is 12.5. The molecule has 34 heavy (non-hydrogen) atoms. The molecule has 0 spiro atoms. The molecule has 1 aliphatic heterocycles. The number of hydrogen-bond donors (Lipinski definition) is 2. The maximum absolute atomic E-state index is 12.8. The summed E-state index contributed by atoms with van der Waals surface area (Å²) < 4.78 is 0. The van der Waals surface area contributed by atoms with Gasteiger partial charge in [-0.25, -0.2) is 0 Å². The van der Waals surface area contributed by atoms with Crippen LogP contribution in [0.1, 0.15) is 62.3 Å². The Bertz CT molecular complexity index is 1290. The molecule has 1 aromatic heterocycles. The summed E-state index contributed by atoms with van der Waals surface area (Å²) in [6.07, 6.45) is 5.49. The molecule has 2 heterocycles. The zero-order valence-corrected chi connectivity index (χ0v) is 20.8. The van der Waals surface area contributed by atoms with Crippen molar-refractivity contribution >= 4 is 28.6 Å². The van der Waals surface area contributed by atoms with Crippen molar-refractivity contribution in [1.82, 2.24) is 10.3 Å². The van der Waals surface area contributed by atoms with Crippen LogP contribution in [0.15, 0.2) is 48.2 Å². The van der Waals surface area contributed by atoms with Gasteiger partial charge in [-0.3, -0.25) is 4.79 Å². The molecule has 0 aliphatic carbocycles. The summed E-state index contributed by atoms with van der Waals surface area (Å²) in [5, 5.41) is 13.8. The van der Waals surface area contributed by atoms with Crippen LogP contribution in [0.25, 0.3) is 17.0 Å². The van der Waals surface area contributed by atoms with Gasteiger partial charge in [-0.15, -0.1) is 0 Å². The zero-order valence-electron chi connectivity index (χ0n) is 20.8. The molecule has 0 saturated carbocycles. The first kappa shape index (κ1) is 23.6. The SMILES string of the molecule is CCN1c2cc(C)c(/C=C(/C#N)C(=O)NCCc3c[nH]c4ccccc34)cc2[C@H](C)CC1(C)C. The van der Waals surface area contributed by atoms with Gasteiger partial charge in [-0.1, -0.05) is 25.1 Å². The number of nitrogens with one attached hydrogen (secondary N) is 2. The van der Waals surface area contributed by atoms with E-state index < -0.39 is 0 Å². The second-order valence-electron chi connectivity index (χ2n) is 9.96. The lowest BCUT2D eigenvalue weighted by atomic mass is 9.79. The predicted octanol–water partition coefficient (Wildman–Crippen LogP) is 5.85. The van der Waals surface area contributed by atoms with Gasteiger partial charge in [0.05, 0.1) is 0 Å². The van der Waals surface area contributed by atoms with Crippen LogP contribution in [0.2, 0.25) is 0 Å². The number of aromatic amines is 1. The van der Waals surface area contributed by atoms with Crippen LogP contribution in [0.4, 0.5) is 5.69 Å². The second kappa shape index (κ2) is 9.38. The number of carbonyl (C=O) groups is 1. The normalized spacial score (nSPS) is 17.4. The number of anilines is 1. The second-order valence-corrected chi connectivity index (χ2v) is 9.96. The predicted molar refractivity (Wildman–Crippen MR) is 140 cm³/mol. The highest BCUT2D eigenvalue weighted by molar-refractivity contribution is 6.02. The highest BCUT2D eigenvalue weighted by Crippen LogP contribution is 2.44. The van der Waals surface area contributed by atoms with E-state index in [0.717, 1.165) is 40.6 Å². The summed E-state index contributed by atoms with van der Waals surface area (Å²) >= 11 is 0. The number of fused-ring (bicyclic) bond motifs is 2. The van der Waals surface area contributed by atoms with E-state index in [1.165, 1.54) is 11.3 Å². The molecule has 2 aromatic carbocycles. The maximum atomic E-state index is 12.8.